The number of nitrogens with zero attached hydrogens (tertiary/aromatic N) is 2. The van der Waals surface area contributed by atoms with Gasteiger partial charge in [0.1, 0.15) is 6.17 Å². The number of anilines is 1. The minimum Gasteiger partial charge on any atom is -0.361 e. The van der Waals surface area contributed by atoms with Crippen LogP contribution in [-0.2, 0) is 0 Å². The van der Waals surface area contributed by atoms with Gasteiger partial charge in [0.05, 0.1) is 22.2 Å². The molecule has 10 rings (SSSR count). The molecular weight excluding hydrogens is 835 g/mol. The summed E-state index contributed by atoms with van der Waals surface area (Å²) in [6.45, 7) is 29.2. The third-order valence-electron chi connectivity index (χ3n) is 11.8. The van der Waals surface area contributed by atoms with Crippen molar-refractivity contribution in [1.29, 1.82) is 0 Å². The fourth-order valence-electron chi connectivity index (χ4n) is 8.78. The molecule has 0 amide bonds. The third kappa shape index (κ3) is 11.6. The van der Waals surface area contributed by atoms with Gasteiger partial charge < -0.3 is 14.5 Å². The molecule has 69 heavy (non-hydrogen) atoms. The first-order valence-electron chi connectivity index (χ1n) is 24.9. The van der Waals surface area contributed by atoms with Gasteiger partial charge in [-0.1, -0.05) is 213 Å². The molecule has 6 aromatic carbocycles. The average Bonchev–Trinajstić information content (AvgIpc) is 3.94. The van der Waals surface area contributed by atoms with Crippen molar-refractivity contribution in [3.05, 3.63) is 236 Å². The van der Waals surface area contributed by atoms with Crippen molar-refractivity contribution in [2.24, 2.45) is 0 Å². The number of hydrogen-bond donors (Lipinski definition) is 1. The van der Waals surface area contributed by atoms with Crippen molar-refractivity contribution in [2.45, 2.75) is 81.3 Å². The summed E-state index contributed by atoms with van der Waals surface area (Å²) in [5.41, 5.74) is 16.8. The molecule has 352 valence electrons. The molecule has 2 aromatic heterocycles. The summed E-state index contributed by atoms with van der Waals surface area (Å²) in [5, 5.41) is 7.66. The summed E-state index contributed by atoms with van der Waals surface area (Å²) in [6.07, 6.45) is 24.7. The van der Waals surface area contributed by atoms with Crippen molar-refractivity contribution >= 4 is 61.8 Å². The molecule has 0 saturated carbocycles. The Kier molecular flexibility index (Phi) is 20.2. The highest BCUT2D eigenvalue weighted by Gasteiger charge is 2.26. The number of benzene rings is 6. The van der Waals surface area contributed by atoms with Gasteiger partial charge in [-0.05, 0) is 122 Å². The molecule has 2 aliphatic rings. The molecule has 3 heterocycles. The quantitative estimate of drug-likeness (QED) is 0.119. The molecule has 0 bridgehead atoms. The van der Waals surface area contributed by atoms with Gasteiger partial charge in [-0.2, -0.15) is 0 Å². The average molecular weight is 908 g/mol. The zero-order valence-corrected chi connectivity index (χ0v) is 42.6. The number of allylic oxidation sites excluding steroid dienone is 9. The summed E-state index contributed by atoms with van der Waals surface area (Å²) in [6, 6.07) is 50.9. The van der Waals surface area contributed by atoms with Gasteiger partial charge in [0, 0.05) is 38.7 Å². The summed E-state index contributed by atoms with van der Waals surface area (Å²) >= 11 is 0. The normalized spacial score (nSPS) is 13.3. The SMILES string of the molecule is C/C=C\C.C=CC=C.C=Cc1c(/C=C\C)c2cc(-c3ccc4c(c3)c3ccccc3n4C3=CC=CCC3)ccc2n1C1C=C(c2ccc(-c3ccccc3)cc2)c2ccccc2N1.CC.CC.CC. The molecule has 1 N–H and O–H groups in total. The summed E-state index contributed by atoms with van der Waals surface area (Å²) in [4.78, 5) is 0. The summed E-state index contributed by atoms with van der Waals surface area (Å²) in [7, 11) is 0. The molecule has 0 saturated heterocycles. The first-order valence-corrected chi connectivity index (χ1v) is 24.9. The van der Waals surface area contributed by atoms with Gasteiger partial charge in [-0.3, -0.25) is 0 Å². The lowest BCUT2D eigenvalue weighted by Crippen LogP contribution is -2.21. The maximum absolute atomic E-state index is 4.35. The minimum absolute atomic E-state index is 0.134. The van der Waals surface area contributed by atoms with Crippen LogP contribution in [0.5, 0.6) is 0 Å². The van der Waals surface area contributed by atoms with E-state index in [4.69, 9.17) is 0 Å². The van der Waals surface area contributed by atoms with Crippen molar-refractivity contribution in [3.8, 4) is 22.3 Å². The molecule has 1 atom stereocenters. The zero-order chi connectivity index (χ0) is 49.7. The lowest BCUT2D eigenvalue weighted by molar-refractivity contribution is 0.693. The van der Waals surface area contributed by atoms with Crippen LogP contribution in [0.15, 0.2) is 214 Å². The molecule has 8 aromatic rings. The van der Waals surface area contributed by atoms with Crippen LogP contribution in [0.1, 0.15) is 104 Å². The first kappa shape index (κ1) is 52.4. The van der Waals surface area contributed by atoms with Gasteiger partial charge in [0.2, 0.25) is 0 Å². The Morgan fingerprint density at radius 1 is 0.551 bits per heavy atom. The van der Waals surface area contributed by atoms with E-state index in [2.05, 4.69) is 217 Å². The third-order valence-corrected chi connectivity index (χ3v) is 11.8. The molecule has 0 fully saturated rings. The highest BCUT2D eigenvalue weighted by Crippen LogP contribution is 2.42. The van der Waals surface area contributed by atoms with Gasteiger partial charge in [0.25, 0.3) is 0 Å². The monoisotopic (exact) mass is 908 g/mol. The topological polar surface area (TPSA) is 21.9 Å². The van der Waals surface area contributed by atoms with E-state index in [-0.39, 0.29) is 6.17 Å². The van der Waals surface area contributed by atoms with Gasteiger partial charge in [-0.15, -0.1) is 0 Å². The first-order chi connectivity index (χ1) is 34.0. The van der Waals surface area contributed by atoms with Crippen LogP contribution in [0.25, 0.3) is 78.4 Å². The number of para-hydroxylation sites is 2. The zero-order valence-electron chi connectivity index (χ0n) is 42.6. The van der Waals surface area contributed by atoms with E-state index in [1.54, 1.807) is 12.2 Å². The molecule has 0 radical (unpaired) electrons. The lowest BCUT2D eigenvalue weighted by atomic mass is 9.91. The van der Waals surface area contributed by atoms with E-state index >= 15 is 0 Å². The number of nitrogens with one attached hydrogen (secondary N) is 1. The fourth-order valence-corrected chi connectivity index (χ4v) is 8.78. The van der Waals surface area contributed by atoms with E-state index < -0.39 is 0 Å². The molecule has 3 nitrogen and oxygen atoms in total. The maximum Gasteiger partial charge on any atom is 0.124 e. The molecule has 1 aliphatic carbocycles. The minimum atomic E-state index is -0.134. The van der Waals surface area contributed by atoms with Gasteiger partial charge in [-0.25, -0.2) is 0 Å². The molecule has 0 spiro atoms. The second-order valence-corrected chi connectivity index (χ2v) is 15.6. The molecule has 3 heteroatoms. The Bertz CT molecular complexity index is 3090. The maximum atomic E-state index is 4.35. The molecular formula is C66H73N3. The van der Waals surface area contributed by atoms with E-state index in [1.165, 1.54) is 77.4 Å². The number of rotatable bonds is 8. The van der Waals surface area contributed by atoms with Crippen LogP contribution in [0.2, 0.25) is 0 Å². The van der Waals surface area contributed by atoms with E-state index in [0.717, 1.165) is 29.7 Å². The van der Waals surface area contributed by atoms with Crippen LogP contribution >= 0.6 is 0 Å². The number of fused-ring (bicyclic) bond motifs is 5. The van der Waals surface area contributed by atoms with Gasteiger partial charge >= 0.3 is 0 Å². The molecule has 1 aliphatic heterocycles. The number of aromatic nitrogens is 2. The Hall–Kier alpha value is -7.62. The largest absolute Gasteiger partial charge is 0.361 e. The number of hydrogen-bond acceptors (Lipinski definition) is 1. The smallest absolute Gasteiger partial charge is 0.124 e. The van der Waals surface area contributed by atoms with E-state index in [0.29, 0.717) is 0 Å². The fraction of sp³-hybridized carbons (Fsp3) is 0.182. The van der Waals surface area contributed by atoms with Crippen molar-refractivity contribution in [3.63, 3.8) is 0 Å². The Morgan fingerprint density at radius 3 is 1.74 bits per heavy atom. The lowest BCUT2D eigenvalue weighted by Gasteiger charge is -2.29. The Labute approximate surface area is 414 Å². The highest BCUT2D eigenvalue weighted by atomic mass is 15.2. The predicted octanol–water partition coefficient (Wildman–Crippen LogP) is 20.0. The molecule has 1 unspecified atom stereocenters. The van der Waals surface area contributed by atoms with Gasteiger partial charge in [0.15, 0.2) is 0 Å². The second kappa shape index (κ2) is 26.6. The second-order valence-electron chi connectivity index (χ2n) is 15.6. The Morgan fingerprint density at radius 2 is 1.12 bits per heavy atom. The van der Waals surface area contributed by atoms with Crippen molar-refractivity contribution in [1.82, 2.24) is 9.13 Å². The van der Waals surface area contributed by atoms with Crippen LogP contribution in [0.4, 0.5) is 5.69 Å². The predicted molar refractivity (Wildman–Crippen MR) is 311 cm³/mol. The summed E-state index contributed by atoms with van der Waals surface area (Å²) < 4.78 is 4.87. The van der Waals surface area contributed by atoms with Crippen LogP contribution in [-0.4, -0.2) is 9.13 Å². The van der Waals surface area contributed by atoms with Crippen LogP contribution < -0.4 is 5.32 Å². The van der Waals surface area contributed by atoms with Crippen molar-refractivity contribution in [2.75, 3.05) is 5.32 Å². The van der Waals surface area contributed by atoms with E-state index in [9.17, 15) is 0 Å². The van der Waals surface area contributed by atoms with Crippen LogP contribution in [0.3, 0.4) is 0 Å². The standard InChI is InChI=1S/C52H41N3.C4H8.C4H6.3C2H6/c1-3-15-42-45-32-39(38-28-30-50-46(33-38)43-21-12-14-23-49(43)54(50)40-18-9-6-10-19-40)29-31-51(45)55(48(42)4-2)52-34-44(41-20-11-13-22-47(41)53-52)37-26-24-36(25-27-37)35-16-7-5-8-17-35;2*1-3-4-2;3*1-2/h3-9,11-18,20-34,52-53H,2,10,19H2,1H3;3-4H,1-2H3;3-4H,1-2H2;3*1-2H3/b15-3-;4-3-;;;;. The highest BCUT2D eigenvalue weighted by molar-refractivity contribution is 6.11. The van der Waals surface area contributed by atoms with Crippen molar-refractivity contribution < 1.29 is 0 Å². The summed E-state index contributed by atoms with van der Waals surface area (Å²) in [5.74, 6) is 0. The van der Waals surface area contributed by atoms with Crippen LogP contribution in [0, 0.1) is 0 Å². The van der Waals surface area contributed by atoms with E-state index in [1.807, 2.05) is 73.6 Å². The Balaban J connectivity index is 0.000000573.